The van der Waals surface area contributed by atoms with Gasteiger partial charge in [0.25, 0.3) is 0 Å². The third kappa shape index (κ3) is 5.95. The molecule has 0 aromatic heterocycles. The van der Waals surface area contributed by atoms with Gasteiger partial charge in [0.05, 0.1) is 0 Å². The first-order chi connectivity index (χ1) is 12.0. The van der Waals surface area contributed by atoms with Gasteiger partial charge in [0.1, 0.15) is 6.54 Å². The summed E-state index contributed by atoms with van der Waals surface area (Å²) in [5.74, 6) is 0.200. The fraction of sp³-hybridized carbons (Fsp3) is 0.300. The van der Waals surface area contributed by atoms with Gasteiger partial charge in [0.15, 0.2) is 5.96 Å². The fourth-order valence-electron chi connectivity index (χ4n) is 2.67. The zero-order chi connectivity index (χ0) is 18.2. The van der Waals surface area contributed by atoms with Crippen molar-refractivity contribution in [2.75, 3.05) is 18.4 Å². The van der Waals surface area contributed by atoms with Gasteiger partial charge >= 0.3 is 0 Å². The van der Waals surface area contributed by atoms with E-state index in [1.54, 1.807) is 4.90 Å². The van der Waals surface area contributed by atoms with Gasteiger partial charge in [-0.1, -0.05) is 36.4 Å². The zero-order valence-electron chi connectivity index (χ0n) is 15.1. The van der Waals surface area contributed by atoms with E-state index in [0.29, 0.717) is 13.1 Å². The van der Waals surface area contributed by atoms with Crippen molar-refractivity contribution in [2.24, 2.45) is 10.7 Å². The van der Waals surface area contributed by atoms with Crippen LogP contribution in [0.5, 0.6) is 0 Å². The van der Waals surface area contributed by atoms with Crippen molar-refractivity contribution in [3.05, 3.63) is 65.2 Å². The lowest BCUT2D eigenvalue weighted by atomic mass is 10.1. The van der Waals surface area contributed by atoms with Crippen LogP contribution < -0.4 is 11.1 Å². The molecule has 5 nitrogen and oxygen atoms in total. The third-order valence-electron chi connectivity index (χ3n) is 3.83. The number of benzene rings is 2. The van der Waals surface area contributed by atoms with Crippen LogP contribution in [0.25, 0.3) is 0 Å². The minimum atomic E-state index is -0.0449. The summed E-state index contributed by atoms with van der Waals surface area (Å²) in [6.07, 6.45) is 0. The van der Waals surface area contributed by atoms with E-state index in [1.807, 2.05) is 63.2 Å². The molecule has 0 unspecified atom stereocenters. The number of nitrogens with two attached hydrogens (primary N) is 1. The monoisotopic (exact) mass is 338 g/mol. The molecule has 0 aliphatic heterocycles. The van der Waals surface area contributed by atoms with Crippen LogP contribution in [0.4, 0.5) is 5.69 Å². The number of aryl methyl sites for hydroxylation is 2. The summed E-state index contributed by atoms with van der Waals surface area (Å²) in [6.45, 7) is 7.26. The largest absolute Gasteiger partial charge is 0.370 e. The number of hydrogen-bond donors (Lipinski definition) is 2. The van der Waals surface area contributed by atoms with Crippen molar-refractivity contribution in [3.8, 4) is 0 Å². The molecule has 0 heterocycles. The molecule has 25 heavy (non-hydrogen) atoms. The van der Waals surface area contributed by atoms with E-state index in [2.05, 4.69) is 16.4 Å². The van der Waals surface area contributed by atoms with Gasteiger partial charge in [-0.05, 0) is 49.6 Å². The summed E-state index contributed by atoms with van der Waals surface area (Å²) in [5, 5.41) is 3.04. The molecule has 3 N–H and O–H groups in total. The number of carbonyl (C=O) groups excluding carboxylic acids is 1. The van der Waals surface area contributed by atoms with E-state index >= 15 is 0 Å². The number of rotatable bonds is 6. The van der Waals surface area contributed by atoms with Crippen LogP contribution in [0.1, 0.15) is 23.6 Å². The zero-order valence-corrected chi connectivity index (χ0v) is 15.1. The van der Waals surface area contributed by atoms with Crippen LogP contribution in [0, 0.1) is 13.8 Å². The van der Waals surface area contributed by atoms with E-state index in [1.165, 1.54) is 0 Å². The Morgan fingerprint density at radius 2 is 1.76 bits per heavy atom. The van der Waals surface area contributed by atoms with Crippen molar-refractivity contribution in [1.29, 1.82) is 0 Å². The standard InChI is InChI=1S/C20H26N4O/c1-4-24(14-17-8-6-5-7-9-17)19(25)13-22-20(21)23-18-11-15(2)10-16(3)12-18/h5-12H,4,13-14H2,1-3H3,(H3,21,22,23). The fourth-order valence-corrected chi connectivity index (χ4v) is 2.67. The normalized spacial score (nSPS) is 11.2. The molecule has 132 valence electrons. The first-order valence-electron chi connectivity index (χ1n) is 8.45. The number of guanidine groups is 1. The Kier molecular flexibility index (Phi) is 6.57. The topological polar surface area (TPSA) is 70.7 Å². The lowest BCUT2D eigenvalue weighted by molar-refractivity contribution is -0.130. The Bertz CT molecular complexity index is 720. The van der Waals surface area contributed by atoms with Gasteiger partial charge in [-0.25, -0.2) is 4.99 Å². The first-order valence-corrected chi connectivity index (χ1v) is 8.45. The van der Waals surface area contributed by atoms with Crippen LogP contribution in [0.3, 0.4) is 0 Å². The maximum absolute atomic E-state index is 12.4. The van der Waals surface area contributed by atoms with E-state index < -0.39 is 0 Å². The Labute approximate surface area is 149 Å². The lowest BCUT2D eigenvalue weighted by Crippen LogP contribution is -2.33. The van der Waals surface area contributed by atoms with Crippen LogP contribution >= 0.6 is 0 Å². The van der Waals surface area contributed by atoms with Crippen LogP contribution in [-0.2, 0) is 11.3 Å². The highest BCUT2D eigenvalue weighted by atomic mass is 16.2. The van der Waals surface area contributed by atoms with Gasteiger partial charge in [-0.15, -0.1) is 0 Å². The Balaban J connectivity index is 1.94. The minimum Gasteiger partial charge on any atom is -0.370 e. The number of anilines is 1. The summed E-state index contributed by atoms with van der Waals surface area (Å²) in [6, 6.07) is 16.0. The molecule has 5 heteroatoms. The van der Waals surface area contributed by atoms with E-state index in [4.69, 9.17) is 5.73 Å². The summed E-state index contributed by atoms with van der Waals surface area (Å²) in [5.41, 5.74) is 10.2. The molecule has 0 saturated heterocycles. The Hall–Kier alpha value is -2.82. The highest BCUT2D eigenvalue weighted by Gasteiger charge is 2.11. The van der Waals surface area contributed by atoms with Crippen LogP contribution in [0.2, 0.25) is 0 Å². The highest BCUT2D eigenvalue weighted by molar-refractivity contribution is 5.94. The molecule has 0 aliphatic carbocycles. The van der Waals surface area contributed by atoms with Gasteiger partial charge < -0.3 is 16.0 Å². The molecule has 0 atom stereocenters. The maximum atomic E-state index is 12.4. The van der Waals surface area contributed by atoms with Gasteiger partial charge in [0.2, 0.25) is 5.91 Å². The Morgan fingerprint density at radius 3 is 2.36 bits per heavy atom. The third-order valence-corrected chi connectivity index (χ3v) is 3.83. The van der Waals surface area contributed by atoms with E-state index in [-0.39, 0.29) is 18.4 Å². The second kappa shape index (κ2) is 8.87. The molecule has 0 spiro atoms. The predicted octanol–water partition coefficient (Wildman–Crippen LogP) is 3.08. The van der Waals surface area contributed by atoms with Crippen LogP contribution in [0.15, 0.2) is 53.5 Å². The highest BCUT2D eigenvalue weighted by Crippen LogP contribution is 2.13. The van der Waals surface area contributed by atoms with Crippen molar-refractivity contribution >= 4 is 17.6 Å². The number of aliphatic imine (C=N–C) groups is 1. The summed E-state index contributed by atoms with van der Waals surface area (Å²) in [4.78, 5) is 18.3. The molecule has 0 fully saturated rings. The number of amides is 1. The minimum absolute atomic E-state index is 0.0320. The first kappa shape index (κ1) is 18.5. The number of likely N-dealkylation sites (N-methyl/N-ethyl adjacent to an activating group) is 1. The molecular formula is C20H26N4O. The lowest BCUT2D eigenvalue weighted by Gasteiger charge is -2.20. The summed E-state index contributed by atoms with van der Waals surface area (Å²) in [7, 11) is 0. The smallest absolute Gasteiger partial charge is 0.244 e. The predicted molar refractivity (Wildman–Crippen MR) is 104 cm³/mol. The second-order valence-electron chi connectivity index (χ2n) is 6.10. The van der Waals surface area contributed by atoms with Crippen molar-refractivity contribution in [1.82, 2.24) is 4.90 Å². The average Bonchev–Trinajstić information content (AvgIpc) is 2.57. The molecule has 0 bridgehead atoms. The molecule has 2 rings (SSSR count). The van der Waals surface area contributed by atoms with Gasteiger partial charge in [-0.3, -0.25) is 4.79 Å². The number of nitrogens with zero attached hydrogens (tertiary/aromatic N) is 2. The number of hydrogen-bond acceptors (Lipinski definition) is 2. The maximum Gasteiger partial charge on any atom is 0.244 e. The van der Waals surface area contributed by atoms with Gasteiger partial charge in [-0.2, -0.15) is 0 Å². The molecule has 2 aromatic rings. The van der Waals surface area contributed by atoms with E-state index in [0.717, 1.165) is 22.4 Å². The SMILES string of the molecule is CCN(Cc1ccccc1)C(=O)CN=C(N)Nc1cc(C)cc(C)c1. The molecule has 0 radical (unpaired) electrons. The molecule has 0 aliphatic rings. The van der Waals surface area contributed by atoms with Crippen LogP contribution in [-0.4, -0.2) is 29.9 Å². The molecule has 2 aromatic carbocycles. The van der Waals surface area contributed by atoms with E-state index in [9.17, 15) is 4.79 Å². The van der Waals surface area contributed by atoms with Crippen molar-refractivity contribution in [3.63, 3.8) is 0 Å². The summed E-state index contributed by atoms with van der Waals surface area (Å²) >= 11 is 0. The van der Waals surface area contributed by atoms with Gasteiger partial charge in [0, 0.05) is 18.8 Å². The average molecular weight is 338 g/mol. The Morgan fingerprint density at radius 1 is 1.12 bits per heavy atom. The van der Waals surface area contributed by atoms with Crippen molar-refractivity contribution in [2.45, 2.75) is 27.3 Å². The molecule has 1 amide bonds. The quantitative estimate of drug-likeness (QED) is 0.628. The second-order valence-corrected chi connectivity index (χ2v) is 6.10. The number of carbonyl (C=O) groups is 1. The molecular weight excluding hydrogens is 312 g/mol. The number of nitrogens with one attached hydrogen (secondary N) is 1. The summed E-state index contributed by atoms with van der Waals surface area (Å²) < 4.78 is 0. The molecule has 0 saturated carbocycles. The van der Waals surface area contributed by atoms with Crippen molar-refractivity contribution < 1.29 is 4.79 Å².